The molecule has 0 spiro atoms. The van der Waals surface area contributed by atoms with E-state index in [2.05, 4.69) is 22.8 Å². The summed E-state index contributed by atoms with van der Waals surface area (Å²) in [7, 11) is 1.43. The lowest BCUT2D eigenvalue weighted by Crippen LogP contribution is -2.22. The number of aromatic nitrogens is 3. The summed E-state index contributed by atoms with van der Waals surface area (Å²) in [5.74, 6) is -1.82. The zero-order chi connectivity index (χ0) is 23.3. The van der Waals surface area contributed by atoms with Crippen molar-refractivity contribution < 1.29 is 18.3 Å². The highest BCUT2D eigenvalue weighted by molar-refractivity contribution is 6.00. The number of nitrogens with one attached hydrogen (secondary N) is 1. The van der Waals surface area contributed by atoms with Crippen molar-refractivity contribution in [2.75, 3.05) is 7.11 Å². The van der Waals surface area contributed by atoms with Gasteiger partial charge in [0.2, 0.25) is 0 Å². The highest BCUT2D eigenvalue weighted by Gasteiger charge is 2.32. The first-order chi connectivity index (χ1) is 15.9. The number of carbonyl (C=O) groups excluding carboxylic acids is 1. The van der Waals surface area contributed by atoms with Gasteiger partial charge in [0.05, 0.1) is 36.0 Å². The predicted molar refractivity (Wildman–Crippen MR) is 124 cm³/mol. The number of halogens is 2. The van der Waals surface area contributed by atoms with Gasteiger partial charge in [-0.05, 0) is 73.9 Å². The first kappa shape index (κ1) is 21.4. The Morgan fingerprint density at radius 1 is 1.15 bits per heavy atom. The molecule has 5 nitrogen and oxygen atoms in total. The van der Waals surface area contributed by atoms with Crippen molar-refractivity contribution in [3.05, 3.63) is 66.0 Å². The van der Waals surface area contributed by atoms with Gasteiger partial charge in [0, 0.05) is 22.5 Å². The third-order valence-electron chi connectivity index (χ3n) is 6.80. The molecular formula is C26H25F2N3O2. The molecule has 0 aliphatic heterocycles. The molecule has 0 amide bonds. The number of esters is 1. The third kappa shape index (κ3) is 3.52. The number of benzene rings is 2. The van der Waals surface area contributed by atoms with Gasteiger partial charge in [-0.1, -0.05) is 6.58 Å². The lowest BCUT2D eigenvalue weighted by molar-refractivity contribution is -0.146. The number of hydrogen-bond acceptors (Lipinski definition) is 3. The minimum absolute atomic E-state index is 0.0848. The molecule has 0 radical (unpaired) electrons. The Kier molecular flexibility index (Phi) is 5.27. The van der Waals surface area contributed by atoms with E-state index in [1.807, 2.05) is 17.6 Å². The van der Waals surface area contributed by atoms with Crippen molar-refractivity contribution in [3.63, 3.8) is 0 Å². The van der Waals surface area contributed by atoms with Crippen LogP contribution in [0.25, 0.3) is 33.1 Å². The molecule has 2 aromatic heterocycles. The third-order valence-corrected chi connectivity index (χ3v) is 6.80. The lowest BCUT2D eigenvalue weighted by atomic mass is 9.77. The van der Waals surface area contributed by atoms with Crippen LogP contribution in [-0.2, 0) is 9.53 Å². The van der Waals surface area contributed by atoms with Gasteiger partial charge in [0.15, 0.2) is 11.6 Å². The molecule has 0 saturated heterocycles. The zero-order valence-corrected chi connectivity index (χ0v) is 18.6. The average molecular weight is 450 g/mol. The van der Waals surface area contributed by atoms with Gasteiger partial charge in [-0.15, -0.1) is 0 Å². The minimum Gasteiger partial charge on any atom is -0.469 e. The maximum Gasteiger partial charge on any atom is 0.308 e. The van der Waals surface area contributed by atoms with Crippen molar-refractivity contribution in [2.24, 2.45) is 5.92 Å². The van der Waals surface area contributed by atoms with Crippen molar-refractivity contribution in [1.29, 1.82) is 0 Å². The summed E-state index contributed by atoms with van der Waals surface area (Å²) >= 11 is 0. The van der Waals surface area contributed by atoms with Crippen LogP contribution in [0.3, 0.4) is 0 Å². The number of allylic oxidation sites excluding steroid dienone is 1. The Bertz CT molecular complexity index is 1390. The molecule has 4 aromatic rings. The van der Waals surface area contributed by atoms with Crippen LogP contribution in [0.15, 0.2) is 43.1 Å². The Hall–Kier alpha value is -3.48. The van der Waals surface area contributed by atoms with E-state index in [1.54, 1.807) is 12.3 Å². The Morgan fingerprint density at radius 3 is 2.58 bits per heavy atom. The summed E-state index contributed by atoms with van der Waals surface area (Å²) in [5, 5.41) is 9.14. The largest absolute Gasteiger partial charge is 0.469 e. The first-order valence-electron chi connectivity index (χ1n) is 11.1. The van der Waals surface area contributed by atoms with E-state index in [1.165, 1.54) is 13.2 Å². The van der Waals surface area contributed by atoms with Gasteiger partial charge in [0.25, 0.3) is 0 Å². The Morgan fingerprint density at radius 2 is 1.91 bits per heavy atom. The van der Waals surface area contributed by atoms with Crippen molar-refractivity contribution in [3.8, 4) is 5.69 Å². The van der Waals surface area contributed by atoms with Crippen LogP contribution >= 0.6 is 0 Å². The summed E-state index contributed by atoms with van der Waals surface area (Å²) in [5.41, 5.74) is 5.19. The first-order valence-corrected chi connectivity index (χ1v) is 11.1. The summed E-state index contributed by atoms with van der Waals surface area (Å²) in [6.45, 7) is 6.17. The van der Waals surface area contributed by atoms with Crippen LogP contribution in [0.2, 0.25) is 0 Å². The number of hydrogen-bond donors (Lipinski definition) is 1. The van der Waals surface area contributed by atoms with Crippen LogP contribution < -0.4 is 0 Å². The molecule has 0 bridgehead atoms. The maximum absolute atomic E-state index is 14.2. The fraction of sp³-hybridized carbons (Fsp3) is 0.308. The molecule has 2 aromatic carbocycles. The number of methoxy groups -OCH3 is 1. The van der Waals surface area contributed by atoms with Crippen molar-refractivity contribution in [2.45, 2.75) is 38.5 Å². The summed E-state index contributed by atoms with van der Waals surface area (Å²) in [4.78, 5) is 12.0. The molecule has 1 saturated carbocycles. The van der Waals surface area contributed by atoms with Crippen LogP contribution in [-0.4, -0.2) is 27.8 Å². The minimum atomic E-state index is -0.897. The summed E-state index contributed by atoms with van der Waals surface area (Å²) in [6.07, 6.45) is 4.91. The van der Waals surface area contributed by atoms with E-state index >= 15 is 0 Å². The van der Waals surface area contributed by atoms with Crippen LogP contribution in [0.4, 0.5) is 8.78 Å². The molecule has 0 unspecified atom stereocenters. The van der Waals surface area contributed by atoms with Crippen molar-refractivity contribution in [1.82, 2.24) is 14.8 Å². The van der Waals surface area contributed by atoms with Crippen molar-refractivity contribution >= 4 is 33.3 Å². The normalized spacial score (nSPS) is 18.7. The lowest BCUT2D eigenvalue weighted by Gasteiger charge is -2.28. The highest BCUT2D eigenvalue weighted by Crippen LogP contribution is 2.45. The zero-order valence-electron chi connectivity index (χ0n) is 18.6. The molecule has 170 valence electrons. The van der Waals surface area contributed by atoms with Gasteiger partial charge in [0.1, 0.15) is 0 Å². The van der Waals surface area contributed by atoms with E-state index in [9.17, 15) is 13.6 Å². The number of fused-ring (bicyclic) bond motifs is 2. The predicted octanol–water partition coefficient (Wildman–Crippen LogP) is 6.26. The SMILES string of the molecule is C=C(C)c1c([C@H]2CC[C@H](C(=O)OC)CC2)c2cc3[nH]ncc3cc2n1-c1ccc(F)c(F)c1. The molecule has 7 heteroatoms. The van der Waals surface area contributed by atoms with Gasteiger partial charge in [-0.2, -0.15) is 5.10 Å². The number of carbonyl (C=O) groups is 1. The molecule has 1 aliphatic carbocycles. The number of aromatic amines is 1. The van der Waals surface area contributed by atoms with E-state index in [4.69, 9.17) is 4.74 Å². The second kappa shape index (κ2) is 8.14. The number of H-pyrrole nitrogens is 1. The quantitative estimate of drug-likeness (QED) is 0.374. The van der Waals surface area contributed by atoms with Crippen LogP contribution in [0, 0.1) is 17.6 Å². The molecule has 1 N–H and O–H groups in total. The number of rotatable bonds is 4. The number of ether oxygens (including phenoxy) is 1. The van der Waals surface area contributed by atoms with Gasteiger partial charge in [-0.25, -0.2) is 8.78 Å². The molecular weight excluding hydrogens is 424 g/mol. The van der Waals surface area contributed by atoms with Crippen LogP contribution in [0.1, 0.15) is 49.8 Å². The Balaban J connectivity index is 1.74. The Labute approximate surface area is 190 Å². The topological polar surface area (TPSA) is 59.9 Å². The van der Waals surface area contributed by atoms with E-state index < -0.39 is 11.6 Å². The summed E-state index contributed by atoms with van der Waals surface area (Å²) in [6, 6.07) is 8.05. The fourth-order valence-corrected chi connectivity index (χ4v) is 5.26. The standard InChI is InChI=1S/C26H25F2N3O2/c1-14(2)25-24(15-4-6-16(7-5-15)26(32)33-3)19-12-22-17(13-29-30-22)10-23(19)31(25)18-8-9-20(27)21(28)11-18/h8-13,15-16H,1,4-7H2,2-3H3,(H,29,30)/t15-,16-. The monoisotopic (exact) mass is 449 g/mol. The van der Waals surface area contributed by atoms with Gasteiger partial charge < -0.3 is 9.30 Å². The van der Waals surface area contributed by atoms with E-state index in [-0.39, 0.29) is 17.8 Å². The average Bonchev–Trinajstić information content (AvgIpc) is 3.40. The van der Waals surface area contributed by atoms with Crippen LogP contribution in [0.5, 0.6) is 0 Å². The van der Waals surface area contributed by atoms with Gasteiger partial charge >= 0.3 is 5.97 Å². The molecule has 2 heterocycles. The second-order valence-corrected chi connectivity index (χ2v) is 8.87. The second-order valence-electron chi connectivity index (χ2n) is 8.87. The molecule has 1 aliphatic rings. The van der Waals surface area contributed by atoms with E-state index in [0.29, 0.717) is 5.69 Å². The molecule has 1 fully saturated rings. The molecule has 33 heavy (non-hydrogen) atoms. The maximum atomic E-state index is 14.2. The smallest absolute Gasteiger partial charge is 0.308 e. The molecule has 5 rings (SSSR count). The fourth-order valence-electron chi connectivity index (χ4n) is 5.26. The van der Waals surface area contributed by atoms with E-state index in [0.717, 1.165) is 70.4 Å². The summed E-state index contributed by atoms with van der Waals surface area (Å²) < 4.78 is 34.9. The molecule has 0 atom stereocenters. The van der Waals surface area contributed by atoms with Gasteiger partial charge in [-0.3, -0.25) is 9.89 Å². The number of nitrogens with zero attached hydrogens (tertiary/aromatic N) is 2. The highest BCUT2D eigenvalue weighted by atomic mass is 19.2.